The van der Waals surface area contributed by atoms with Crippen molar-refractivity contribution < 1.29 is 27.3 Å². The third kappa shape index (κ3) is 5.99. The Bertz CT molecular complexity index is 1490. The molecule has 0 radical (unpaired) electrons. The summed E-state index contributed by atoms with van der Waals surface area (Å²) in [4.78, 5) is 23.4. The van der Waals surface area contributed by atoms with Gasteiger partial charge in [0.25, 0.3) is 11.6 Å². The van der Waals surface area contributed by atoms with Crippen molar-refractivity contribution in [2.75, 3.05) is 0 Å². The standard InChI is InChI=1S/C25H19F4N5O3S/c1-15-20(6-3-7-21(15)34(36)37)23(35)30-13-22-31-32-24(33(22)19-10-8-18(26)9-11-19)38-14-16-4-2-5-17(12-16)25(27,28)29/h2-12H,13-14H2,1H3,(H,30,35). The van der Waals surface area contributed by atoms with E-state index < -0.39 is 28.4 Å². The third-order valence-electron chi connectivity index (χ3n) is 5.56. The van der Waals surface area contributed by atoms with Gasteiger partial charge in [-0.05, 0) is 48.9 Å². The van der Waals surface area contributed by atoms with E-state index in [0.717, 1.165) is 23.9 Å². The number of aromatic nitrogens is 3. The van der Waals surface area contributed by atoms with E-state index in [4.69, 9.17) is 0 Å². The number of benzene rings is 3. The van der Waals surface area contributed by atoms with Crippen LogP contribution in [0.3, 0.4) is 0 Å². The fourth-order valence-corrected chi connectivity index (χ4v) is 4.58. The molecule has 1 heterocycles. The summed E-state index contributed by atoms with van der Waals surface area (Å²) < 4.78 is 54.4. The van der Waals surface area contributed by atoms with Crippen LogP contribution in [0, 0.1) is 22.9 Å². The van der Waals surface area contributed by atoms with Crippen molar-refractivity contribution in [2.24, 2.45) is 0 Å². The minimum atomic E-state index is -4.47. The van der Waals surface area contributed by atoms with E-state index in [1.54, 1.807) is 10.6 Å². The van der Waals surface area contributed by atoms with Gasteiger partial charge in [-0.15, -0.1) is 10.2 Å². The first-order valence-corrected chi connectivity index (χ1v) is 12.0. The molecule has 0 aliphatic rings. The summed E-state index contributed by atoms with van der Waals surface area (Å²) in [5.41, 5.74) is 0.239. The monoisotopic (exact) mass is 545 g/mol. The number of carbonyl (C=O) groups is 1. The number of thioether (sulfide) groups is 1. The van der Waals surface area contributed by atoms with Crippen LogP contribution >= 0.6 is 11.8 Å². The second-order valence-electron chi connectivity index (χ2n) is 8.09. The number of hydrogen-bond acceptors (Lipinski definition) is 6. The number of rotatable bonds is 8. The summed E-state index contributed by atoms with van der Waals surface area (Å²) in [7, 11) is 0. The minimum Gasteiger partial charge on any atom is -0.345 e. The number of nitrogens with one attached hydrogen (secondary N) is 1. The topological polar surface area (TPSA) is 103 Å². The average molecular weight is 546 g/mol. The largest absolute Gasteiger partial charge is 0.416 e. The van der Waals surface area contributed by atoms with Crippen molar-refractivity contribution in [2.45, 2.75) is 30.6 Å². The Morgan fingerprint density at radius 3 is 2.47 bits per heavy atom. The van der Waals surface area contributed by atoms with Gasteiger partial charge in [0.15, 0.2) is 11.0 Å². The fraction of sp³-hybridized carbons (Fsp3) is 0.160. The van der Waals surface area contributed by atoms with Crippen LogP contribution in [0.25, 0.3) is 5.69 Å². The van der Waals surface area contributed by atoms with Gasteiger partial charge >= 0.3 is 6.18 Å². The van der Waals surface area contributed by atoms with E-state index in [1.807, 2.05) is 0 Å². The summed E-state index contributed by atoms with van der Waals surface area (Å²) in [5, 5.41) is 22.4. The van der Waals surface area contributed by atoms with E-state index >= 15 is 0 Å². The zero-order chi connectivity index (χ0) is 27.4. The number of nitro benzene ring substituents is 1. The Kier molecular flexibility index (Phi) is 7.76. The van der Waals surface area contributed by atoms with Gasteiger partial charge < -0.3 is 5.32 Å². The predicted molar refractivity (Wildman–Crippen MR) is 131 cm³/mol. The molecule has 0 atom stereocenters. The molecule has 1 amide bonds. The highest BCUT2D eigenvalue weighted by Crippen LogP contribution is 2.32. The fourth-order valence-electron chi connectivity index (χ4n) is 3.66. The molecular formula is C25H19F4N5O3S. The van der Waals surface area contributed by atoms with Gasteiger partial charge in [-0.2, -0.15) is 13.2 Å². The zero-order valence-corrected chi connectivity index (χ0v) is 20.5. The Labute approximate surface area is 217 Å². The highest BCUT2D eigenvalue weighted by atomic mass is 32.2. The molecule has 4 rings (SSSR count). The first-order valence-electron chi connectivity index (χ1n) is 11.1. The molecule has 1 aromatic heterocycles. The van der Waals surface area contributed by atoms with E-state index in [2.05, 4.69) is 15.5 Å². The third-order valence-corrected chi connectivity index (χ3v) is 6.56. The number of halogens is 4. The maximum Gasteiger partial charge on any atom is 0.416 e. The van der Waals surface area contributed by atoms with E-state index in [-0.39, 0.29) is 34.9 Å². The van der Waals surface area contributed by atoms with Crippen molar-refractivity contribution in [3.63, 3.8) is 0 Å². The molecule has 0 spiro atoms. The Balaban J connectivity index is 1.58. The molecule has 0 unspecified atom stereocenters. The highest BCUT2D eigenvalue weighted by Gasteiger charge is 2.30. The molecule has 0 aliphatic heterocycles. The second-order valence-corrected chi connectivity index (χ2v) is 9.03. The lowest BCUT2D eigenvalue weighted by Gasteiger charge is -2.12. The molecule has 0 bridgehead atoms. The molecule has 0 saturated heterocycles. The minimum absolute atomic E-state index is 0.117. The molecule has 4 aromatic rings. The Morgan fingerprint density at radius 1 is 1.08 bits per heavy atom. The van der Waals surface area contributed by atoms with E-state index in [9.17, 15) is 32.5 Å². The van der Waals surface area contributed by atoms with Crippen molar-refractivity contribution in [3.8, 4) is 5.69 Å². The Morgan fingerprint density at radius 2 is 1.79 bits per heavy atom. The summed E-state index contributed by atoms with van der Waals surface area (Å²) in [6.45, 7) is 1.34. The lowest BCUT2D eigenvalue weighted by Crippen LogP contribution is -2.25. The van der Waals surface area contributed by atoms with Crippen LogP contribution in [0.5, 0.6) is 0 Å². The molecule has 1 N–H and O–H groups in total. The smallest absolute Gasteiger partial charge is 0.345 e. The highest BCUT2D eigenvalue weighted by molar-refractivity contribution is 7.98. The number of amides is 1. The molecule has 8 nitrogen and oxygen atoms in total. The number of carbonyl (C=O) groups excluding carboxylic acids is 1. The second kappa shape index (κ2) is 11.0. The van der Waals surface area contributed by atoms with E-state index in [1.165, 1.54) is 55.5 Å². The van der Waals surface area contributed by atoms with Crippen molar-refractivity contribution in [1.82, 2.24) is 20.1 Å². The molecule has 0 aliphatic carbocycles. The maximum atomic E-state index is 13.6. The summed E-state index contributed by atoms with van der Waals surface area (Å²) >= 11 is 1.12. The van der Waals surface area contributed by atoms with Gasteiger partial charge in [-0.1, -0.05) is 36.0 Å². The molecule has 196 valence electrons. The zero-order valence-electron chi connectivity index (χ0n) is 19.7. The number of hydrogen-bond donors (Lipinski definition) is 1. The molecule has 13 heteroatoms. The quantitative estimate of drug-likeness (QED) is 0.129. The van der Waals surface area contributed by atoms with Crippen molar-refractivity contribution in [3.05, 3.63) is 111 Å². The number of nitro groups is 1. The van der Waals surface area contributed by atoms with Crippen LogP contribution in [0.15, 0.2) is 71.9 Å². The summed E-state index contributed by atoms with van der Waals surface area (Å²) in [5.74, 6) is -0.642. The first-order chi connectivity index (χ1) is 18.0. The van der Waals surface area contributed by atoms with Crippen LogP contribution in [-0.2, 0) is 18.5 Å². The SMILES string of the molecule is Cc1c(C(=O)NCc2nnc(SCc3cccc(C(F)(F)F)c3)n2-c2ccc(F)cc2)cccc1[N+](=O)[O-]. The molecular weight excluding hydrogens is 526 g/mol. The van der Waals surface area contributed by atoms with E-state index in [0.29, 0.717) is 16.4 Å². The van der Waals surface area contributed by atoms with Gasteiger partial charge in [0, 0.05) is 28.6 Å². The van der Waals surface area contributed by atoms with Gasteiger partial charge in [-0.3, -0.25) is 19.5 Å². The number of nitrogens with zero attached hydrogens (tertiary/aromatic N) is 4. The summed E-state index contributed by atoms with van der Waals surface area (Å²) in [6, 6.07) is 14.5. The molecule has 38 heavy (non-hydrogen) atoms. The molecule has 3 aromatic carbocycles. The van der Waals surface area contributed by atoms with Crippen LogP contribution in [0.2, 0.25) is 0 Å². The maximum absolute atomic E-state index is 13.6. The van der Waals surface area contributed by atoms with Crippen LogP contribution < -0.4 is 5.32 Å². The van der Waals surface area contributed by atoms with Gasteiger partial charge in [-0.25, -0.2) is 4.39 Å². The van der Waals surface area contributed by atoms with Crippen molar-refractivity contribution in [1.29, 1.82) is 0 Å². The van der Waals surface area contributed by atoms with Crippen LogP contribution in [0.4, 0.5) is 23.2 Å². The van der Waals surface area contributed by atoms with Gasteiger partial charge in [0.05, 0.1) is 17.0 Å². The van der Waals surface area contributed by atoms with Crippen LogP contribution in [-0.4, -0.2) is 25.6 Å². The lowest BCUT2D eigenvalue weighted by molar-refractivity contribution is -0.385. The first kappa shape index (κ1) is 26.8. The lowest BCUT2D eigenvalue weighted by atomic mass is 10.1. The average Bonchev–Trinajstić information content (AvgIpc) is 3.29. The van der Waals surface area contributed by atoms with Crippen molar-refractivity contribution >= 4 is 23.4 Å². The van der Waals surface area contributed by atoms with Gasteiger partial charge in [0.1, 0.15) is 5.82 Å². The Hall–Kier alpha value is -4.26. The van der Waals surface area contributed by atoms with Crippen LogP contribution in [0.1, 0.15) is 32.9 Å². The molecule has 0 saturated carbocycles. The normalized spacial score (nSPS) is 11.4. The predicted octanol–water partition coefficient (Wildman–Crippen LogP) is 5.86. The number of alkyl halides is 3. The molecule has 0 fully saturated rings. The summed E-state index contributed by atoms with van der Waals surface area (Å²) in [6.07, 6.45) is -4.47. The van der Waals surface area contributed by atoms with Gasteiger partial charge in [0.2, 0.25) is 0 Å².